The first-order valence-corrected chi connectivity index (χ1v) is 8.84. The van der Waals surface area contributed by atoms with Crippen LogP contribution in [0.25, 0.3) is 0 Å². The van der Waals surface area contributed by atoms with E-state index in [1.165, 1.54) is 0 Å². The highest BCUT2D eigenvalue weighted by Crippen LogP contribution is 2.36. The van der Waals surface area contributed by atoms with Crippen LogP contribution in [0, 0.1) is 5.92 Å². The van der Waals surface area contributed by atoms with Crippen LogP contribution >= 0.6 is 0 Å². The smallest absolute Gasteiger partial charge is 0.341 e. The van der Waals surface area contributed by atoms with Crippen LogP contribution in [0.1, 0.15) is 35.7 Å². The number of carbonyl (C=O) groups is 2. The van der Waals surface area contributed by atoms with Crippen molar-refractivity contribution in [1.82, 2.24) is 4.90 Å². The summed E-state index contributed by atoms with van der Waals surface area (Å²) >= 11 is 0. The van der Waals surface area contributed by atoms with Gasteiger partial charge in [0.05, 0.1) is 0 Å². The second-order valence-corrected chi connectivity index (χ2v) is 6.71. The Labute approximate surface area is 153 Å². The minimum Gasteiger partial charge on any atom is -0.482 e. The summed E-state index contributed by atoms with van der Waals surface area (Å²) in [5.74, 6) is -0.171. The number of rotatable bonds is 8. The number of nitrogens with zero attached hydrogens (tertiary/aromatic N) is 1. The van der Waals surface area contributed by atoms with Gasteiger partial charge in [-0.3, -0.25) is 4.79 Å². The maximum atomic E-state index is 13.2. The Bertz CT molecular complexity index is 771. The molecule has 5 heteroatoms. The number of carboxylic acids is 1. The first kappa shape index (κ1) is 18.0. The number of amides is 1. The summed E-state index contributed by atoms with van der Waals surface area (Å²) in [4.78, 5) is 25.7. The molecule has 0 radical (unpaired) electrons. The highest BCUT2D eigenvalue weighted by atomic mass is 16.5. The molecule has 1 unspecified atom stereocenters. The summed E-state index contributed by atoms with van der Waals surface area (Å²) in [5, 5.41) is 8.75. The lowest BCUT2D eigenvalue weighted by molar-refractivity contribution is -0.139. The van der Waals surface area contributed by atoms with Gasteiger partial charge in [-0.05, 0) is 49.4 Å². The monoisotopic (exact) mass is 353 g/mol. The molecule has 1 atom stereocenters. The van der Waals surface area contributed by atoms with Gasteiger partial charge in [0.15, 0.2) is 6.61 Å². The zero-order valence-corrected chi connectivity index (χ0v) is 14.8. The second kappa shape index (κ2) is 8.04. The number of ether oxygens (including phenoxy) is 1. The van der Waals surface area contributed by atoms with Gasteiger partial charge in [-0.15, -0.1) is 0 Å². The molecule has 1 amide bonds. The summed E-state index contributed by atoms with van der Waals surface area (Å²) in [6, 6.07) is 16.8. The maximum absolute atomic E-state index is 13.2. The number of hydrogen-bond donors (Lipinski definition) is 1. The van der Waals surface area contributed by atoms with Crippen LogP contribution in [-0.4, -0.2) is 34.5 Å². The average Bonchev–Trinajstić information content (AvgIpc) is 3.50. The lowest BCUT2D eigenvalue weighted by atomic mass is 10.1. The molecule has 26 heavy (non-hydrogen) atoms. The third kappa shape index (κ3) is 4.63. The molecule has 0 spiro atoms. The fraction of sp³-hybridized carbons (Fsp3) is 0.333. The van der Waals surface area contributed by atoms with Crippen molar-refractivity contribution in [3.05, 3.63) is 65.7 Å². The molecule has 1 N–H and O–H groups in total. The van der Waals surface area contributed by atoms with Crippen molar-refractivity contribution in [2.75, 3.05) is 6.61 Å². The number of hydrogen-bond acceptors (Lipinski definition) is 3. The van der Waals surface area contributed by atoms with Crippen molar-refractivity contribution >= 4 is 11.9 Å². The number of carbonyl (C=O) groups excluding carboxylic acids is 1. The van der Waals surface area contributed by atoms with E-state index >= 15 is 0 Å². The fourth-order valence-corrected chi connectivity index (χ4v) is 3.04. The third-order valence-corrected chi connectivity index (χ3v) is 4.70. The highest BCUT2D eigenvalue weighted by molar-refractivity contribution is 5.94. The van der Waals surface area contributed by atoms with Crippen molar-refractivity contribution < 1.29 is 19.4 Å². The van der Waals surface area contributed by atoms with Crippen molar-refractivity contribution in [2.24, 2.45) is 5.92 Å². The van der Waals surface area contributed by atoms with E-state index < -0.39 is 12.6 Å². The quantitative estimate of drug-likeness (QED) is 0.787. The molecule has 2 aromatic rings. The molecule has 1 saturated carbocycles. The molecule has 1 fully saturated rings. The molecule has 0 aromatic heterocycles. The number of aliphatic carboxylic acids is 1. The Balaban J connectivity index is 1.80. The summed E-state index contributed by atoms with van der Waals surface area (Å²) < 4.78 is 5.21. The molecule has 2 aromatic carbocycles. The Morgan fingerprint density at radius 1 is 1.15 bits per heavy atom. The van der Waals surface area contributed by atoms with Gasteiger partial charge in [0.25, 0.3) is 5.91 Å². The van der Waals surface area contributed by atoms with Gasteiger partial charge in [0.2, 0.25) is 0 Å². The molecule has 5 nitrogen and oxygen atoms in total. The van der Waals surface area contributed by atoms with Gasteiger partial charge in [-0.1, -0.05) is 36.4 Å². The highest BCUT2D eigenvalue weighted by Gasteiger charge is 2.34. The van der Waals surface area contributed by atoms with Gasteiger partial charge in [-0.25, -0.2) is 4.79 Å². The fourth-order valence-electron chi connectivity index (χ4n) is 3.04. The SMILES string of the molecule is CC(C1CC1)N(Cc1ccccc1)C(=O)c1cccc(OCC(=O)O)c1. The summed E-state index contributed by atoms with van der Waals surface area (Å²) in [7, 11) is 0. The van der Waals surface area contributed by atoms with Crippen molar-refractivity contribution in [3.63, 3.8) is 0 Å². The minimum atomic E-state index is -1.05. The van der Waals surface area contributed by atoms with Crippen LogP contribution in [0.5, 0.6) is 5.75 Å². The lowest BCUT2D eigenvalue weighted by Gasteiger charge is -2.30. The van der Waals surface area contributed by atoms with Gasteiger partial charge in [-0.2, -0.15) is 0 Å². The first-order valence-electron chi connectivity index (χ1n) is 8.84. The van der Waals surface area contributed by atoms with Crippen molar-refractivity contribution in [2.45, 2.75) is 32.4 Å². The van der Waals surface area contributed by atoms with E-state index in [-0.39, 0.29) is 11.9 Å². The summed E-state index contributed by atoms with van der Waals surface area (Å²) in [6.07, 6.45) is 2.31. The first-order chi connectivity index (χ1) is 12.5. The predicted octanol–water partition coefficient (Wildman–Crippen LogP) is 3.59. The van der Waals surface area contributed by atoms with Crippen LogP contribution in [-0.2, 0) is 11.3 Å². The molecule has 3 rings (SSSR count). The van der Waals surface area contributed by atoms with Gasteiger partial charge >= 0.3 is 5.97 Å². The summed E-state index contributed by atoms with van der Waals surface area (Å²) in [6.45, 7) is 2.23. The zero-order chi connectivity index (χ0) is 18.5. The Kier molecular flexibility index (Phi) is 5.56. The molecule has 0 heterocycles. The van der Waals surface area contributed by atoms with Crippen molar-refractivity contribution in [3.8, 4) is 5.75 Å². The van der Waals surface area contributed by atoms with Crippen LogP contribution in [0.3, 0.4) is 0 Å². The molecule has 0 saturated heterocycles. The third-order valence-electron chi connectivity index (χ3n) is 4.70. The lowest BCUT2D eigenvalue weighted by Crippen LogP contribution is -2.39. The van der Waals surface area contributed by atoms with Crippen LogP contribution in [0.2, 0.25) is 0 Å². The summed E-state index contributed by atoms with van der Waals surface area (Å²) in [5.41, 5.74) is 1.60. The molecule has 136 valence electrons. The van der Waals surface area contributed by atoms with Gasteiger partial charge in [0, 0.05) is 18.2 Å². The van der Waals surface area contributed by atoms with Crippen LogP contribution < -0.4 is 4.74 Å². The molecule has 0 aliphatic heterocycles. The van der Waals surface area contributed by atoms with E-state index in [0.29, 0.717) is 23.8 Å². The van der Waals surface area contributed by atoms with Crippen LogP contribution in [0.15, 0.2) is 54.6 Å². The molecule has 0 bridgehead atoms. The standard InChI is InChI=1S/C21H23NO4/c1-15(17-10-11-17)22(13-16-6-3-2-4-7-16)21(25)18-8-5-9-19(12-18)26-14-20(23)24/h2-9,12,15,17H,10-11,13-14H2,1H3,(H,23,24). The maximum Gasteiger partial charge on any atom is 0.341 e. The minimum absolute atomic E-state index is 0.0611. The Hall–Kier alpha value is -2.82. The van der Waals surface area contributed by atoms with E-state index in [1.807, 2.05) is 35.2 Å². The van der Waals surface area contributed by atoms with E-state index in [0.717, 1.165) is 18.4 Å². The van der Waals surface area contributed by atoms with Gasteiger partial charge in [0.1, 0.15) is 5.75 Å². The van der Waals surface area contributed by atoms with Crippen molar-refractivity contribution in [1.29, 1.82) is 0 Å². The van der Waals surface area contributed by atoms with E-state index in [9.17, 15) is 9.59 Å². The number of carboxylic acid groups (broad SMARTS) is 1. The molecule has 1 aliphatic carbocycles. The average molecular weight is 353 g/mol. The molecule has 1 aliphatic rings. The Morgan fingerprint density at radius 2 is 1.88 bits per heavy atom. The largest absolute Gasteiger partial charge is 0.482 e. The molecular weight excluding hydrogens is 330 g/mol. The number of benzene rings is 2. The topological polar surface area (TPSA) is 66.8 Å². The molecular formula is C21H23NO4. The van der Waals surface area contributed by atoms with E-state index in [2.05, 4.69) is 6.92 Å². The predicted molar refractivity (Wildman–Crippen MR) is 98.1 cm³/mol. The van der Waals surface area contributed by atoms with E-state index in [1.54, 1.807) is 24.3 Å². The normalized spacial score (nSPS) is 14.5. The Morgan fingerprint density at radius 3 is 2.54 bits per heavy atom. The van der Waals surface area contributed by atoms with Crippen LogP contribution in [0.4, 0.5) is 0 Å². The zero-order valence-electron chi connectivity index (χ0n) is 14.8. The second-order valence-electron chi connectivity index (χ2n) is 6.71. The van der Waals surface area contributed by atoms with Gasteiger partial charge < -0.3 is 14.7 Å². The van der Waals surface area contributed by atoms with E-state index in [4.69, 9.17) is 9.84 Å².